The standard InChI is InChI=1S/C14H15N3O2/c1-17-8-15-13-11(17)7-10(14(18)19)16-12(13)9-5-3-2-4-6-9/h2-6,8,10,12,16H,7H2,1H3,(H,18,19). The second kappa shape index (κ2) is 4.51. The fourth-order valence-corrected chi connectivity index (χ4v) is 2.55. The van der Waals surface area contributed by atoms with Gasteiger partial charge in [0.15, 0.2) is 0 Å². The average Bonchev–Trinajstić information content (AvgIpc) is 2.80. The highest BCUT2D eigenvalue weighted by Crippen LogP contribution is 2.29. The zero-order valence-corrected chi connectivity index (χ0v) is 10.6. The van der Waals surface area contributed by atoms with Crippen molar-refractivity contribution in [2.24, 2.45) is 7.05 Å². The molecule has 5 nitrogen and oxygen atoms in total. The van der Waals surface area contributed by atoms with Crippen LogP contribution >= 0.6 is 0 Å². The Bertz CT molecular complexity index is 606. The van der Waals surface area contributed by atoms with E-state index in [4.69, 9.17) is 0 Å². The molecule has 0 saturated carbocycles. The molecule has 3 rings (SSSR count). The average molecular weight is 257 g/mol. The highest BCUT2D eigenvalue weighted by atomic mass is 16.4. The fourth-order valence-electron chi connectivity index (χ4n) is 2.55. The lowest BCUT2D eigenvalue weighted by Gasteiger charge is -2.29. The number of aromatic nitrogens is 2. The summed E-state index contributed by atoms with van der Waals surface area (Å²) in [5, 5.41) is 12.4. The molecule has 2 atom stereocenters. The Hall–Kier alpha value is -2.14. The minimum Gasteiger partial charge on any atom is -0.480 e. The smallest absolute Gasteiger partial charge is 0.321 e. The molecule has 0 bridgehead atoms. The number of carboxylic acid groups (broad SMARTS) is 1. The molecule has 0 radical (unpaired) electrons. The van der Waals surface area contributed by atoms with Crippen molar-refractivity contribution in [1.29, 1.82) is 0 Å². The first-order chi connectivity index (χ1) is 9.16. The number of benzene rings is 1. The Morgan fingerprint density at radius 2 is 2.16 bits per heavy atom. The Balaban J connectivity index is 2.06. The summed E-state index contributed by atoms with van der Waals surface area (Å²) in [6, 6.07) is 9.08. The van der Waals surface area contributed by atoms with Crippen LogP contribution in [0.3, 0.4) is 0 Å². The summed E-state index contributed by atoms with van der Waals surface area (Å²) >= 11 is 0. The second-order valence-electron chi connectivity index (χ2n) is 4.79. The Kier molecular flexibility index (Phi) is 2.83. The van der Waals surface area contributed by atoms with Gasteiger partial charge in [0, 0.05) is 19.2 Å². The molecule has 0 aliphatic carbocycles. The molecule has 5 heteroatoms. The number of carboxylic acids is 1. The van der Waals surface area contributed by atoms with Gasteiger partial charge in [-0.1, -0.05) is 30.3 Å². The van der Waals surface area contributed by atoms with Crippen molar-refractivity contribution in [3.05, 3.63) is 53.6 Å². The van der Waals surface area contributed by atoms with Crippen LogP contribution in [0.25, 0.3) is 0 Å². The topological polar surface area (TPSA) is 67.2 Å². The van der Waals surface area contributed by atoms with Crippen LogP contribution in [0.1, 0.15) is 23.0 Å². The van der Waals surface area contributed by atoms with E-state index in [1.807, 2.05) is 41.9 Å². The molecule has 2 N–H and O–H groups in total. The molecule has 1 aliphatic rings. The van der Waals surface area contributed by atoms with Crippen LogP contribution in [0.4, 0.5) is 0 Å². The van der Waals surface area contributed by atoms with Crippen LogP contribution in [0, 0.1) is 0 Å². The van der Waals surface area contributed by atoms with Crippen LogP contribution in [-0.4, -0.2) is 26.7 Å². The molecule has 0 saturated heterocycles. The molecule has 19 heavy (non-hydrogen) atoms. The van der Waals surface area contributed by atoms with Gasteiger partial charge in [0.2, 0.25) is 0 Å². The van der Waals surface area contributed by atoms with Crippen LogP contribution in [-0.2, 0) is 18.3 Å². The SMILES string of the molecule is Cn1cnc2c1CC(C(=O)O)NC2c1ccccc1. The third-order valence-corrected chi connectivity index (χ3v) is 3.56. The number of aryl methyl sites for hydroxylation is 1. The predicted octanol–water partition coefficient (Wildman–Crippen LogP) is 1.11. The van der Waals surface area contributed by atoms with Crippen molar-refractivity contribution in [2.45, 2.75) is 18.5 Å². The number of aliphatic carboxylic acids is 1. The molecule has 0 amide bonds. The molecule has 98 valence electrons. The highest BCUT2D eigenvalue weighted by Gasteiger charge is 2.33. The minimum atomic E-state index is -0.826. The van der Waals surface area contributed by atoms with Gasteiger partial charge in [-0.15, -0.1) is 0 Å². The van der Waals surface area contributed by atoms with Crippen LogP contribution in [0.2, 0.25) is 0 Å². The molecular weight excluding hydrogens is 242 g/mol. The molecule has 0 spiro atoms. The third kappa shape index (κ3) is 2.02. The van der Waals surface area contributed by atoms with Crippen LogP contribution < -0.4 is 5.32 Å². The van der Waals surface area contributed by atoms with E-state index in [0.29, 0.717) is 6.42 Å². The molecular formula is C14H15N3O2. The van der Waals surface area contributed by atoms with Gasteiger partial charge in [-0.05, 0) is 5.56 Å². The van der Waals surface area contributed by atoms with Gasteiger partial charge in [-0.2, -0.15) is 0 Å². The molecule has 1 aliphatic heterocycles. The van der Waals surface area contributed by atoms with Gasteiger partial charge in [0.05, 0.1) is 18.1 Å². The highest BCUT2D eigenvalue weighted by molar-refractivity contribution is 5.74. The summed E-state index contributed by atoms with van der Waals surface area (Å²) < 4.78 is 1.90. The Morgan fingerprint density at radius 1 is 1.42 bits per heavy atom. The van der Waals surface area contributed by atoms with Crippen molar-refractivity contribution >= 4 is 5.97 Å². The summed E-state index contributed by atoms with van der Waals surface area (Å²) in [7, 11) is 1.90. The molecule has 1 aromatic carbocycles. The largest absolute Gasteiger partial charge is 0.480 e. The van der Waals surface area contributed by atoms with Crippen molar-refractivity contribution in [3.8, 4) is 0 Å². The first kappa shape index (κ1) is 11.9. The zero-order valence-electron chi connectivity index (χ0n) is 10.6. The normalized spacial score (nSPS) is 21.9. The maximum Gasteiger partial charge on any atom is 0.321 e. The zero-order chi connectivity index (χ0) is 13.4. The lowest BCUT2D eigenvalue weighted by Crippen LogP contribution is -2.45. The number of hydrogen-bond acceptors (Lipinski definition) is 3. The van der Waals surface area contributed by atoms with Crippen molar-refractivity contribution in [1.82, 2.24) is 14.9 Å². The van der Waals surface area contributed by atoms with E-state index < -0.39 is 12.0 Å². The monoisotopic (exact) mass is 257 g/mol. The van der Waals surface area contributed by atoms with Gasteiger partial charge in [-0.3, -0.25) is 10.1 Å². The lowest BCUT2D eigenvalue weighted by atomic mass is 9.94. The van der Waals surface area contributed by atoms with E-state index in [1.54, 1.807) is 6.33 Å². The minimum absolute atomic E-state index is 0.160. The number of nitrogens with zero attached hydrogens (tertiary/aromatic N) is 2. The third-order valence-electron chi connectivity index (χ3n) is 3.56. The summed E-state index contributed by atoms with van der Waals surface area (Å²) in [5.41, 5.74) is 2.94. The summed E-state index contributed by atoms with van der Waals surface area (Å²) in [6.45, 7) is 0. The van der Waals surface area contributed by atoms with E-state index in [9.17, 15) is 9.90 Å². The van der Waals surface area contributed by atoms with Gasteiger partial charge >= 0.3 is 5.97 Å². The van der Waals surface area contributed by atoms with E-state index in [-0.39, 0.29) is 6.04 Å². The summed E-state index contributed by atoms with van der Waals surface area (Å²) in [4.78, 5) is 15.7. The van der Waals surface area contributed by atoms with Crippen LogP contribution in [0.5, 0.6) is 0 Å². The number of nitrogens with one attached hydrogen (secondary N) is 1. The van der Waals surface area contributed by atoms with Gasteiger partial charge in [-0.25, -0.2) is 4.98 Å². The van der Waals surface area contributed by atoms with Crippen molar-refractivity contribution < 1.29 is 9.90 Å². The van der Waals surface area contributed by atoms with Crippen molar-refractivity contribution in [3.63, 3.8) is 0 Å². The first-order valence-corrected chi connectivity index (χ1v) is 6.20. The lowest BCUT2D eigenvalue weighted by molar-refractivity contribution is -0.139. The summed E-state index contributed by atoms with van der Waals surface area (Å²) in [5.74, 6) is -0.826. The van der Waals surface area contributed by atoms with Gasteiger partial charge < -0.3 is 9.67 Å². The molecule has 2 heterocycles. The van der Waals surface area contributed by atoms with E-state index in [2.05, 4.69) is 10.3 Å². The number of fused-ring (bicyclic) bond motifs is 1. The molecule has 1 aromatic heterocycles. The van der Waals surface area contributed by atoms with E-state index in [0.717, 1.165) is 17.0 Å². The number of hydrogen-bond donors (Lipinski definition) is 2. The second-order valence-corrected chi connectivity index (χ2v) is 4.79. The maximum absolute atomic E-state index is 11.3. The fraction of sp³-hybridized carbons (Fsp3) is 0.286. The first-order valence-electron chi connectivity index (χ1n) is 6.20. The van der Waals surface area contributed by atoms with Gasteiger partial charge in [0.1, 0.15) is 6.04 Å². The van der Waals surface area contributed by atoms with Crippen LogP contribution in [0.15, 0.2) is 36.7 Å². The number of rotatable bonds is 2. The van der Waals surface area contributed by atoms with Gasteiger partial charge in [0.25, 0.3) is 0 Å². The van der Waals surface area contributed by atoms with Crippen molar-refractivity contribution in [2.75, 3.05) is 0 Å². The quantitative estimate of drug-likeness (QED) is 0.845. The van der Waals surface area contributed by atoms with E-state index in [1.165, 1.54) is 0 Å². The van der Waals surface area contributed by atoms with E-state index >= 15 is 0 Å². The Morgan fingerprint density at radius 3 is 2.84 bits per heavy atom. The number of imidazole rings is 1. The summed E-state index contributed by atoms with van der Waals surface area (Å²) in [6.07, 6.45) is 2.21. The molecule has 2 aromatic rings. The Labute approximate surface area is 110 Å². The predicted molar refractivity (Wildman–Crippen MR) is 69.8 cm³/mol. The number of carbonyl (C=O) groups is 1. The molecule has 2 unspecified atom stereocenters. The molecule has 0 fully saturated rings. The maximum atomic E-state index is 11.3.